The van der Waals surface area contributed by atoms with Crippen LogP contribution in [0.15, 0.2) is 36.4 Å². The van der Waals surface area contributed by atoms with E-state index in [0.717, 1.165) is 11.1 Å². The Labute approximate surface area is 165 Å². The third-order valence-electron chi connectivity index (χ3n) is 3.21. The Bertz CT molecular complexity index is 763. The van der Waals surface area contributed by atoms with Gasteiger partial charge in [-0.05, 0) is 42.3 Å². The number of carbonyl (C=O) groups excluding carboxylic acids is 2. The van der Waals surface area contributed by atoms with E-state index in [2.05, 4.69) is 25.4 Å². The largest absolute Gasteiger partial charge is 0.465 e. The molecule has 0 heterocycles. The zero-order chi connectivity index (χ0) is 19.0. The van der Waals surface area contributed by atoms with Crippen LogP contribution in [0.5, 0.6) is 0 Å². The summed E-state index contributed by atoms with van der Waals surface area (Å²) in [5.41, 5.74) is 2.85. The fourth-order valence-corrected chi connectivity index (χ4v) is 2.82. The van der Waals surface area contributed by atoms with Crippen LogP contribution in [0.2, 0.25) is 10.0 Å². The van der Waals surface area contributed by atoms with E-state index in [4.69, 9.17) is 23.2 Å². The van der Waals surface area contributed by atoms with Gasteiger partial charge in [0.15, 0.2) is 0 Å². The zero-order valence-corrected chi connectivity index (χ0v) is 17.0. The van der Waals surface area contributed by atoms with Gasteiger partial charge in [0.1, 0.15) is 0 Å². The maximum atomic E-state index is 11.1. The zero-order valence-electron chi connectivity index (χ0n) is 13.9. The van der Waals surface area contributed by atoms with E-state index in [-0.39, 0.29) is 11.9 Å². The van der Waals surface area contributed by atoms with E-state index in [9.17, 15) is 9.59 Å². The maximum absolute atomic E-state index is 11.1. The molecule has 0 amide bonds. The maximum Gasteiger partial charge on any atom is 0.337 e. The molecule has 0 aliphatic heterocycles. The minimum Gasteiger partial charge on any atom is -0.465 e. The molecule has 2 rings (SSSR count). The van der Waals surface area contributed by atoms with Crippen molar-refractivity contribution in [3.63, 3.8) is 0 Å². The van der Waals surface area contributed by atoms with E-state index < -0.39 is 0 Å². The number of hydrogen-bond donors (Lipinski definition) is 0. The van der Waals surface area contributed by atoms with Crippen LogP contribution >= 0.6 is 39.1 Å². The molecule has 0 radical (unpaired) electrons. The summed E-state index contributed by atoms with van der Waals surface area (Å²) in [6.45, 7) is 1.88. The third-order valence-corrected chi connectivity index (χ3v) is 4.57. The van der Waals surface area contributed by atoms with Crippen LogP contribution in [-0.4, -0.2) is 26.2 Å². The number of halogens is 3. The van der Waals surface area contributed by atoms with Crippen LogP contribution in [0.1, 0.15) is 31.8 Å². The van der Waals surface area contributed by atoms with Gasteiger partial charge >= 0.3 is 11.9 Å². The van der Waals surface area contributed by atoms with Gasteiger partial charge in [0.2, 0.25) is 0 Å². The van der Waals surface area contributed by atoms with Gasteiger partial charge in [0.25, 0.3) is 0 Å². The first-order chi connectivity index (χ1) is 11.8. The van der Waals surface area contributed by atoms with Crippen molar-refractivity contribution in [2.75, 3.05) is 14.2 Å². The summed E-state index contributed by atoms with van der Waals surface area (Å²) in [6.07, 6.45) is 0. The van der Waals surface area contributed by atoms with Crippen molar-refractivity contribution < 1.29 is 19.1 Å². The molecule has 0 N–H and O–H groups in total. The molecule has 2 aromatic carbocycles. The molecule has 7 heteroatoms. The standard InChI is InChI=1S/C9H8BrClO2.C9H9ClO2/c1-13-9(12)6-2-3-7(5-10)8(11)4-6;1-6-3-4-7(5-8(6)10)9(11)12-2/h2-4H,5H2,1H3;3-5H,1-2H3. The van der Waals surface area contributed by atoms with Crippen molar-refractivity contribution in [3.05, 3.63) is 68.7 Å². The Morgan fingerprint density at radius 1 is 0.920 bits per heavy atom. The van der Waals surface area contributed by atoms with Gasteiger partial charge in [-0.25, -0.2) is 9.59 Å². The van der Waals surface area contributed by atoms with Crippen molar-refractivity contribution in [1.29, 1.82) is 0 Å². The van der Waals surface area contributed by atoms with E-state index in [1.807, 2.05) is 6.92 Å². The number of alkyl halides is 1. The Morgan fingerprint density at radius 2 is 1.40 bits per heavy atom. The molecule has 0 atom stereocenters. The van der Waals surface area contributed by atoms with Crippen molar-refractivity contribution in [2.24, 2.45) is 0 Å². The number of esters is 2. The fraction of sp³-hybridized carbons (Fsp3) is 0.222. The molecule has 0 saturated heterocycles. The van der Waals surface area contributed by atoms with Gasteiger partial charge in [-0.2, -0.15) is 0 Å². The highest BCUT2D eigenvalue weighted by Gasteiger charge is 2.07. The highest BCUT2D eigenvalue weighted by Crippen LogP contribution is 2.20. The lowest BCUT2D eigenvalue weighted by Crippen LogP contribution is -2.01. The molecule has 0 aromatic heterocycles. The number of aryl methyl sites for hydroxylation is 1. The van der Waals surface area contributed by atoms with Gasteiger partial charge in [-0.1, -0.05) is 51.3 Å². The Balaban J connectivity index is 0.000000251. The van der Waals surface area contributed by atoms with Crippen molar-refractivity contribution >= 4 is 51.1 Å². The number of carbonyl (C=O) groups is 2. The summed E-state index contributed by atoms with van der Waals surface area (Å²) in [4.78, 5) is 22.1. The summed E-state index contributed by atoms with van der Waals surface area (Å²) in [5.74, 6) is -0.736. The van der Waals surface area contributed by atoms with E-state index >= 15 is 0 Å². The molecule has 0 bridgehead atoms. The average Bonchev–Trinajstić information content (AvgIpc) is 2.63. The summed E-state index contributed by atoms with van der Waals surface area (Å²) in [6, 6.07) is 10.2. The van der Waals surface area contributed by atoms with Gasteiger partial charge in [0, 0.05) is 15.4 Å². The predicted octanol–water partition coefficient (Wildman–Crippen LogP) is 5.46. The summed E-state index contributed by atoms with van der Waals surface area (Å²) >= 11 is 15.0. The van der Waals surface area contributed by atoms with Crippen LogP contribution in [0.3, 0.4) is 0 Å². The molecular weight excluding hydrogens is 431 g/mol. The fourth-order valence-electron chi connectivity index (χ4n) is 1.74. The van der Waals surface area contributed by atoms with E-state index in [0.29, 0.717) is 26.5 Å². The lowest BCUT2D eigenvalue weighted by molar-refractivity contribution is 0.0592. The number of ether oxygens (including phenoxy) is 2. The van der Waals surface area contributed by atoms with Crippen LogP contribution in [-0.2, 0) is 14.8 Å². The van der Waals surface area contributed by atoms with Gasteiger partial charge in [-0.15, -0.1) is 0 Å². The van der Waals surface area contributed by atoms with Crippen LogP contribution < -0.4 is 0 Å². The summed E-state index contributed by atoms with van der Waals surface area (Å²) in [7, 11) is 2.69. The Morgan fingerprint density at radius 3 is 1.80 bits per heavy atom. The lowest BCUT2D eigenvalue weighted by atomic mass is 10.1. The summed E-state index contributed by atoms with van der Waals surface area (Å²) < 4.78 is 9.09. The molecule has 0 spiro atoms. The van der Waals surface area contributed by atoms with Crippen molar-refractivity contribution in [3.8, 4) is 0 Å². The monoisotopic (exact) mass is 446 g/mol. The second-order valence-corrected chi connectivity index (χ2v) is 6.26. The number of methoxy groups -OCH3 is 2. The van der Waals surface area contributed by atoms with Crippen molar-refractivity contribution in [1.82, 2.24) is 0 Å². The van der Waals surface area contributed by atoms with Crippen molar-refractivity contribution in [2.45, 2.75) is 12.3 Å². The molecular formula is C18H17BrCl2O4. The highest BCUT2D eigenvalue weighted by atomic mass is 79.9. The minimum absolute atomic E-state index is 0.364. The SMILES string of the molecule is COC(=O)c1ccc(C)c(Cl)c1.COC(=O)c1ccc(CBr)c(Cl)c1. The molecule has 0 unspecified atom stereocenters. The number of rotatable bonds is 3. The first-order valence-corrected chi connectivity index (χ1v) is 8.99. The molecule has 0 aliphatic carbocycles. The first-order valence-electron chi connectivity index (χ1n) is 7.11. The number of benzene rings is 2. The predicted molar refractivity (Wildman–Crippen MR) is 103 cm³/mol. The smallest absolute Gasteiger partial charge is 0.337 e. The Hall–Kier alpha value is -1.56. The summed E-state index contributed by atoms with van der Waals surface area (Å²) in [5, 5.41) is 1.82. The van der Waals surface area contributed by atoms with Crippen LogP contribution in [0, 0.1) is 6.92 Å². The van der Waals surface area contributed by atoms with E-state index in [1.54, 1.807) is 36.4 Å². The quantitative estimate of drug-likeness (QED) is 0.463. The number of hydrogen-bond acceptors (Lipinski definition) is 4. The van der Waals surface area contributed by atoms with Crippen LogP contribution in [0.4, 0.5) is 0 Å². The molecule has 25 heavy (non-hydrogen) atoms. The van der Waals surface area contributed by atoms with Crippen LogP contribution in [0.25, 0.3) is 0 Å². The van der Waals surface area contributed by atoms with E-state index in [1.165, 1.54) is 14.2 Å². The molecule has 134 valence electrons. The van der Waals surface area contributed by atoms with Gasteiger partial charge in [0.05, 0.1) is 25.3 Å². The Kier molecular flexibility index (Phi) is 8.97. The molecule has 0 fully saturated rings. The first kappa shape index (κ1) is 21.5. The van der Waals surface area contributed by atoms with Gasteiger partial charge in [-0.3, -0.25) is 0 Å². The second-order valence-electron chi connectivity index (χ2n) is 4.89. The average molecular weight is 448 g/mol. The van der Waals surface area contributed by atoms with Gasteiger partial charge < -0.3 is 9.47 Å². The molecule has 0 aliphatic rings. The lowest BCUT2D eigenvalue weighted by Gasteiger charge is -2.02. The third kappa shape index (κ3) is 6.34. The minimum atomic E-state index is -0.372. The second kappa shape index (κ2) is 10.4. The molecule has 2 aromatic rings. The molecule has 4 nitrogen and oxygen atoms in total. The molecule has 0 saturated carbocycles. The topological polar surface area (TPSA) is 52.6 Å². The normalized spacial score (nSPS) is 9.68. The highest BCUT2D eigenvalue weighted by molar-refractivity contribution is 9.08.